The highest BCUT2D eigenvalue weighted by Gasteiger charge is 2.01. The number of benzene rings is 1. The van der Waals surface area contributed by atoms with E-state index in [9.17, 15) is 0 Å². The molecule has 0 spiro atoms. The van der Waals surface area contributed by atoms with Gasteiger partial charge >= 0.3 is 0 Å². The van der Waals surface area contributed by atoms with Crippen LogP contribution in [0.3, 0.4) is 0 Å². The van der Waals surface area contributed by atoms with E-state index >= 15 is 0 Å². The lowest BCUT2D eigenvalue weighted by molar-refractivity contribution is 1.14. The lowest BCUT2D eigenvalue weighted by atomic mass is 10.1. The summed E-state index contributed by atoms with van der Waals surface area (Å²) in [6.45, 7) is 4.22. The number of nitrogen functional groups attached to an aromatic ring is 1. The highest BCUT2D eigenvalue weighted by atomic mass is 14.8. The van der Waals surface area contributed by atoms with Crippen LogP contribution in [0.2, 0.25) is 0 Å². The van der Waals surface area contributed by atoms with E-state index in [0.717, 1.165) is 11.9 Å². The minimum atomic E-state index is 0.597. The van der Waals surface area contributed by atoms with Gasteiger partial charge in [0.25, 0.3) is 0 Å². The molecule has 0 saturated heterocycles. The number of anilines is 1. The van der Waals surface area contributed by atoms with Crippen molar-refractivity contribution in [2.75, 3.05) is 5.73 Å². The Kier molecular flexibility index (Phi) is 2.12. The van der Waals surface area contributed by atoms with Crippen molar-refractivity contribution in [3.63, 3.8) is 0 Å². The van der Waals surface area contributed by atoms with E-state index in [1.54, 1.807) is 0 Å². The normalized spacial score (nSPS) is 10.7. The zero-order valence-electron chi connectivity index (χ0n) is 8.54. The Bertz CT molecular complexity index is 475. The van der Waals surface area contributed by atoms with Crippen LogP contribution < -0.4 is 5.73 Å². The summed E-state index contributed by atoms with van der Waals surface area (Å²) in [5.74, 6) is 0.597. The second-order valence-corrected chi connectivity index (χ2v) is 3.57. The molecule has 2 aromatic rings. The number of hydrogen-bond donors (Lipinski definition) is 1. The summed E-state index contributed by atoms with van der Waals surface area (Å²) in [7, 11) is 0. The standard InChI is InChI=1S/C12H14N2/c1-3-9-4-5-11-10(7-9)8(2)6-12(13)14-11/h4-7H,3H2,1-2H3,(H2,13,14). The molecule has 2 N–H and O–H groups in total. The zero-order valence-corrected chi connectivity index (χ0v) is 8.54. The van der Waals surface area contributed by atoms with Crippen molar-refractivity contribution in [1.82, 2.24) is 4.98 Å². The van der Waals surface area contributed by atoms with Gasteiger partial charge in [-0.05, 0) is 42.7 Å². The fraction of sp³-hybridized carbons (Fsp3) is 0.250. The van der Waals surface area contributed by atoms with Crippen molar-refractivity contribution in [3.8, 4) is 0 Å². The monoisotopic (exact) mass is 186 g/mol. The van der Waals surface area contributed by atoms with Gasteiger partial charge in [-0.1, -0.05) is 13.0 Å². The maximum atomic E-state index is 5.68. The number of fused-ring (bicyclic) bond motifs is 1. The molecule has 0 aliphatic rings. The Morgan fingerprint density at radius 1 is 1.29 bits per heavy atom. The highest BCUT2D eigenvalue weighted by molar-refractivity contribution is 5.84. The second-order valence-electron chi connectivity index (χ2n) is 3.57. The number of hydrogen-bond acceptors (Lipinski definition) is 2. The average Bonchev–Trinajstić information content (AvgIpc) is 2.17. The van der Waals surface area contributed by atoms with E-state index in [1.807, 2.05) is 12.1 Å². The maximum Gasteiger partial charge on any atom is 0.124 e. The first-order chi connectivity index (χ1) is 6.70. The number of pyridine rings is 1. The Morgan fingerprint density at radius 3 is 2.79 bits per heavy atom. The van der Waals surface area contributed by atoms with Crippen molar-refractivity contribution in [1.29, 1.82) is 0 Å². The van der Waals surface area contributed by atoms with E-state index in [1.165, 1.54) is 16.5 Å². The van der Waals surface area contributed by atoms with Gasteiger partial charge < -0.3 is 5.73 Å². The molecule has 1 heterocycles. The molecule has 0 saturated carbocycles. The lowest BCUT2D eigenvalue weighted by Crippen LogP contribution is -1.93. The summed E-state index contributed by atoms with van der Waals surface area (Å²) < 4.78 is 0. The molecule has 2 rings (SSSR count). The van der Waals surface area contributed by atoms with Crippen molar-refractivity contribution < 1.29 is 0 Å². The van der Waals surface area contributed by atoms with Gasteiger partial charge in [0.2, 0.25) is 0 Å². The third-order valence-electron chi connectivity index (χ3n) is 2.51. The molecule has 1 aromatic heterocycles. The predicted molar refractivity (Wildman–Crippen MR) is 60.3 cm³/mol. The van der Waals surface area contributed by atoms with Crippen LogP contribution in [-0.2, 0) is 6.42 Å². The molecule has 1 aromatic carbocycles. The number of nitrogens with zero attached hydrogens (tertiary/aromatic N) is 1. The predicted octanol–water partition coefficient (Wildman–Crippen LogP) is 2.69. The van der Waals surface area contributed by atoms with Crippen molar-refractivity contribution in [2.24, 2.45) is 0 Å². The van der Waals surface area contributed by atoms with E-state index in [4.69, 9.17) is 5.73 Å². The molecule has 0 fully saturated rings. The van der Waals surface area contributed by atoms with Crippen molar-refractivity contribution in [2.45, 2.75) is 20.3 Å². The summed E-state index contributed by atoms with van der Waals surface area (Å²) >= 11 is 0. The fourth-order valence-corrected chi connectivity index (χ4v) is 1.69. The van der Waals surface area contributed by atoms with Gasteiger partial charge in [-0.25, -0.2) is 4.98 Å². The zero-order chi connectivity index (χ0) is 10.1. The van der Waals surface area contributed by atoms with Crippen LogP contribution in [-0.4, -0.2) is 4.98 Å². The molecular formula is C12H14N2. The molecule has 0 unspecified atom stereocenters. The first-order valence-electron chi connectivity index (χ1n) is 4.86. The van der Waals surface area contributed by atoms with Gasteiger partial charge in [0.1, 0.15) is 5.82 Å². The number of aromatic nitrogens is 1. The third kappa shape index (κ3) is 1.43. The SMILES string of the molecule is CCc1ccc2nc(N)cc(C)c2c1. The number of aryl methyl sites for hydroxylation is 2. The summed E-state index contributed by atoms with van der Waals surface area (Å²) in [5, 5.41) is 1.21. The number of nitrogens with two attached hydrogens (primary N) is 1. The molecule has 0 aliphatic carbocycles. The van der Waals surface area contributed by atoms with Gasteiger partial charge in [0.15, 0.2) is 0 Å². The summed E-state index contributed by atoms with van der Waals surface area (Å²) in [5.41, 5.74) is 9.21. The largest absolute Gasteiger partial charge is 0.384 e. The fourth-order valence-electron chi connectivity index (χ4n) is 1.69. The Hall–Kier alpha value is -1.57. The Labute approximate surface area is 83.8 Å². The van der Waals surface area contributed by atoms with E-state index in [2.05, 4.69) is 31.0 Å². The molecule has 0 bridgehead atoms. The topological polar surface area (TPSA) is 38.9 Å². The minimum Gasteiger partial charge on any atom is -0.384 e. The van der Waals surface area contributed by atoms with E-state index in [0.29, 0.717) is 5.82 Å². The highest BCUT2D eigenvalue weighted by Crippen LogP contribution is 2.20. The molecule has 0 aliphatic heterocycles. The van der Waals surface area contributed by atoms with E-state index in [-0.39, 0.29) is 0 Å². The molecular weight excluding hydrogens is 172 g/mol. The van der Waals surface area contributed by atoms with Gasteiger partial charge in [-0.3, -0.25) is 0 Å². The molecule has 72 valence electrons. The van der Waals surface area contributed by atoms with Gasteiger partial charge in [-0.2, -0.15) is 0 Å². The second kappa shape index (κ2) is 3.29. The van der Waals surface area contributed by atoms with Gasteiger partial charge in [0.05, 0.1) is 5.52 Å². The smallest absolute Gasteiger partial charge is 0.124 e. The van der Waals surface area contributed by atoms with Gasteiger partial charge in [0, 0.05) is 5.39 Å². The molecule has 0 atom stereocenters. The third-order valence-corrected chi connectivity index (χ3v) is 2.51. The Balaban J connectivity index is 2.75. The van der Waals surface area contributed by atoms with Crippen LogP contribution in [0.25, 0.3) is 10.9 Å². The summed E-state index contributed by atoms with van der Waals surface area (Å²) in [4.78, 5) is 4.29. The van der Waals surface area contributed by atoms with Crippen LogP contribution in [0.5, 0.6) is 0 Å². The molecule has 0 radical (unpaired) electrons. The quantitative estimate of drug-likeness (QED) is 0.743. The van der Waals surface area contributed by atoms with Crippen LogP contribution in [0.1, 0.15) is 18.1 Å². The van der Waals surface area contributed by atoms with Crippen molar-refractivity contribution >= 4 is 16.7 Å². The molecule has 0 amide bonds. The molecule has 14 heavy (non-hydrogen) atoms. The first-order valence-corrected chi connectivity index (χ1v) is 4.86. The van der Waals surface area contributed by atoms with Crippen LogP contribution in [0.4, 0.5) is 5.82 Å². The minimum absolute atomic E-state index is 0.597. The van der Waals surface area contributed by atoms with Gasteiger partial charge in [-0.15, -0.1) is 0 Å². The van der Waals surface area contributed by atoms with Crippen LogP contribution in [0, 0.1) is 6.92 Å². The number of rotatable bonds is 1. The molecule has 2 heteroatoms. The summed E-state index contributed by atoms with van der Waals surface area (Å²) in [6, 6.07) is 8.25. The lowest BCUT2D eigenvalue weighted by Gasteiger charge is -2.05. The summed E-state index contributed by atoms with van der Waals surface area (Å²) in [6.07, 6.45) is 1.06. The van der Waals surface area contributed by atoms with Crippen LogP contribution in [0.15, 0.2) is 24.3 Å². The van der Waals surface area contributed by atoms with Crippen molar-refractivity contribution in [3.05, 3.63) is 35.4 Å². The average molecular weight is 186 g/mol. The Morgan fingerprint density at radius 2 is 2.07 bits per heavy atom. The first kappa shape index (κ1) is 9.00. The van der Waals surface area contributed by atoms with E-state index < -0.39 is 0 Å². The van der Waals surface area contributed by atoms with Crippen LogP contribution >= 0.6 is 0 Å². The maximum absolute atomic E-state index is 5.68. The molecule has 2 nitrogen and oxygen atoms in total.